The molecule has 0 bridgehead atoms. The van der Waals surface area contributed by atoms with E-state index in [0.29, 0.717) is 30.4 Å². The van der Waals surface area contributed by atoms with E-state index in [2.05, 4.69) is 20.2 Å². The van der Waals surface area contributed by atoms with Crippen LogP contribution in [0.2, 0.25) is 5.02 Å². The topological polar surface area (TPSA) is 75.9 Å². The zero-order valence-electron chi connectivity index (χ0n) is 16.5. The molecule has 1 aliphatic rings. The van der Waals surface area contributed by atoms with Crippen molar-refractivity contribution in [1.82, 2.24) is 24.7 Å². The lowest BCUT2D eigenvalue weighted by Gasteiger charge is -2.25. The molecule has 0 radical (unpaired) electrons. The number of nitrogens with zero attached hydrogens (tertiary/aromatic N) is 6. The summed E-state index contributed by atoms with van der Waals surface area (Å²) in [7, 11) is 0. The maximum absolute atomic E-state index is 12.9. The van der Waals surface area contributed by atoms with Crippen molar-refractivity contribution in [2.45, 2.75) is 26.4 Å². The number of aromatic nitrogens is 4. The summed E-state index contributed by atoms with van der Waals surface area (Å²) in [5.74, 6) is 2.09. The third kappa shape index (κ3) is 4.12. The van der Waals surface area contributed by atoms with Gasteiger partial charge in [-0.25, -0.2) is 0 Å². The number of halogens is 1. The lowest BCUT2D eigenvalue weighted by Crippen LogP contribution is -2.42. The molecular weight excluding hydrogens is 392 g/mol. The Bertz CT molecular complexity index is 1020. The van der Waals surface area contributed by atoms with Gasteiger partial charge in [0, 0.05) is 26.2 Å². The molecule has 29 heavy (non-hydrogen) atoms. The van der Waals surface area contributed by atoms with Gasteiger partial charge in [-0.15, -0.1) is 15.3 Å². The van der Waals surface area contributed by atoms with Gasteiger partial charge in [0.25, 0.3) is 5.91 Å². The highest BCUT2D eigenvalue weighted by Gasteiger charge is 2.25. The van der Waals surface area contributed by atoms with E-state index in [4.69, 9.17) is 16.3 Å². The van der Waals surface area contributed by atoms with Crippen molar-refractivity contribution in [3.63, 3.8) is 0 Å². The van der Waals surface area contributed by atoms with Crippen LogP contribution in [0.15, 0.2) is 36.4 Å². The van der Waals surface area contributed by atoms with Crippen molar-refractivity contribution < 1.29 is 9.53 Å². The summed E-state index contributed by atoms with van der Waals surface area (Å²) in [6, 6.07) is 11.0. The summed E-state index contributed by atoms with van der Waals surface area (Å²) < 4.78 is 7.54. The molecule has 1 aromatic carbocycles. The van der Waals surface area contributed by atoms with Crippen molar-refractivity contribution in [2.75, 3.05) is 31.1 Å². The predicted octanol–water partition coefficient (Wildman–Crippen LogP) is 2.59. The molecule has 1 atom stereocenters. The van der Waals surface area contributed by atoms with Gasteiger partial charge in [0.2, 0.25) is 0 Å². The molecule has 0 saturated carbocycles. The molecule has 2 aromatic heterocycles. The minimum Gasteiger partial charge on any atom is -0.479 e. The van der Waals surface area contributed by atoms with Crippen molar-refractivity contribution in [3.8, 4) is 5.75 Å². The quantitative estimate of drug-likeness (QED) is 0.653. The molecule has 1 amide bonds. The van der Waals surface area contributed by atoms with Gasteiger partial charge in [0.1, 0.15) is 11.6 Å². The second kappa shape index (κ2) is 8.24. The van der Waals surface area contributed by atoms with Crippen LogP contribution in [0.5, 0.6) is 5.75 Å². The number of carbonyl (C=O) groups excluding carboxylic acids is 1. The molecule has 1 unspecified atom stereocenters. The molecule has 1 saturated heterocycles. The largest absolute Gasteiger partial charge is 0.479 e. The highest BCUT2D eigenvalue weighted by Crippen LogP contribution is 2.25. The molecule has 3 heterocycles. The Hall–Kier alpha value is -2.87. The van der Waals surface area contributed by atoms with Crippen LogP contribution in [0.25, 0.3) is 5.65 Å². The fourth-order valence-electron chi connectivity index (χ4n) is 3.46. The molecule has 152 valence electrons. The van der Waals surface area contributed by atoms with E-state index in [1.54, 1.807) is 23.6 Å². The summed E-state index contributed by atoms with van der Waals surface area (Å²) in [5.41, 5.74) is 0.725. The standard InChI is InChI=1S/C20H23ClN6O2/c1-14(29-17-7-4-3-6-16(17)21)20(28)26-11-5-10-25(12-13-26)19-9-8-18-23-22-15(2)27(18)24-19/h3-4,6-9,14H,5,10-13H2,1-2H3. The van der Waals surface area contributed by atoms with Crippen LogP contribution in [-0.2, 0) is 4.79 Å². The molecule has 8 nitrogen and oxygen atoms in total. The Balaban J connectivity index is 1.41. The molecule has 1 fully saturated rings. The van der Waals surface area contributed by atoms with Crippen LogP contribution in [0, 0.1) is 6.92 Å². The minimum atomic E-state index is -0.601. The Labute approximate surface area is 174 Å². The van der Waals surface area contributed by atoms with Gasteiger partial charge < -0.3 is 14.5 Å². The molecule has 0 N–H and O–H groups in total. The van der Waals surface area contributed by atoms with Gasteiger partial charge in [-0.2, -0.15) is 4.52 Å². The number of ether oxygens (including phenoxy) is 1. The molecule has 0 aliphatic carbocycles. The van der Waals surface area contributed by atoms with Gasteiger partial charge in [0.05, 0.1) is 5.02 Å². The number of rotatable bonds is 4. The van der Waals surface area contributed by atoms with Gasteiger partial charge in [-0.1, -0.05) is 23.7 Å². The van der Waals surface area contributed by atoms with Crippen LogP contribution in [0.4, 0.5) is 5.82 Å². The van der Waals surface area contributed by atoms with Gasteiger partial charge >= 0.3 is 0 Å². The fourth-order valence-corrected chi connectivity index (χ4v) is 3.64. The molecule has 0 spiro atoms. The molecule has 4 rings (SSSR count). The second-order valence-corrected chi connectivity index (χ2v) is 7.47. The number of amides is 1. The molecule has 9 heteroatoms. The average molecular weight is 415 g/mol. The Kier molecular flexibility index (Phi) is 5.53. The highest BCUT2D eigenvalue weighted by atomic mass is 35.5. The number of anilines is 1. The van der Waals surface area contributed by atoms with E-state index in [1.807, 2.05) is 36.1 Å². The van der Waals surface area contributed by atoms with Crippen molar-refractivity contribution >= 4 is 29.0 Å². The number of fused-ring (bicyclic) bond motifs is 1. The number of hydrogen-bond acceptors (Lipinski definition) is 6. The van der Waals surface area contributed by atoms with Crippen molar-refractivity contribution in [1.29, 1.82) is 0 Å². The molecular formula is C20H23ClN6O2. The smallest absolute Gasteiger partial charge is 0.263 e. The first kappa shape index (κ1) is 19.4. The zero-order chi connectivity index (χ0) is 20.4. The lowest BCUT2D eigenvalue weighted by molar-refractivity contribution is -0.137. The monoisotopic (exact) mass is 414 g/mol. The molecule has 3 aromatic rings. The average Bonchev–Trinajstić information content (AvgIpc) is 2.94. The lowest BCUT2D eigenvalue weighted by atomic mass is 10.3. The Morgan fingerprint density at radius 2 is 1.93 bits per heavy atom. The van der Waals surface area contributed by atoms with Gasteiger partial charge in [-0.05, 0) is 44.5 Å². The minimum absolute atomic E-state index is 0.0372. The Morgan fingerprint density at radius 1 is 1.10 bits per heavy atom. The third-order valence-electron chi connectivity index (χ3n) is 5.02. The molecule has 1 aliphatic heterocycles. The van der Waals surface area contributed by atoms with Crippen LogP contribution in [-0.4, -0.2) is 62.9 Å². The van der Waals surface area contributed by atoms with Crippen molar-refractivity contribution in [2.24, 2.45) is 0 Å². The third-order valence-corrected chi connectivity index (χ3v) is 5.34. The normalized spacial score (nSPS) is 16.0. The SMILES string of the molecule is Cc1nnc2ccc(N3CCCN(C(=O)C(C)Oc4ccccc4Cl)CC3)nn12. The predicted molar refractivity (Wildman–Crippen MR) is 110 cm³/mol. The number of hydrogen-bond donors (Lipinski definition) is 0. The summed E-state index contributed by atoms with van der Waals surface area (Å²) in [5, 5.41) is 13.3. The summed E-state index contributed by atoms with van der Waals surface area (Å²) in [4.78, 5) is 16.9. The van der Waals surface area contributed by atoms with Crippen LogP contribution < -0.4 is 9.64 Å². The highest BCUT2D eigenvalue weighted by molar-refractivity contribution is 6.32. The van der Waals surface area contributed by atoms with E-state index >= 15 is 0 Å². The van der Waals surface area contributed by atoms with E-state index in [1.165, 1.54) is 0 Å². The first-order valence-corrected chi connectivity index (χ1v) is 10.0. The maximum atomic E-state index is 12.9. The van der Waals surface area contributed by atoms with Crippen LogP contribution in [0.1, 0.15) is 19.2 Å². The van der Waals surface area contributed by atoms with E-state index in [-0.39, 0.29) is 5.91 Å². The van der Waals surface area contributed by atoms with E-state index in [0.717, 1.165) is 30.3 Å². The number of aryl methyl sites for hydroxylation is 1. The maximum Gasteiger partial charge on any atom is 0.263 e. The van der Waals surface area contributed by atoms with E-state index < -0.39 is 6.10 Å². The van der Waals surface area contributed by atoms with Crippen LogP contribution >= 0.6 is 11.6 Å². The zero-order valence-corrected chi connectivity index (χ0v) is 17.2. The van der Waals surface area contributed by atoms with Crippen molar-refractivity contribution in [3.05, 3.63) is 47.2 Å². The Morgan fingerprint density at radius 3 is 2.76 bits per heavy atom. The van der Waals surface area contributed by atoms with Gasteiger partial charge in [0.15, 0.2) is 17.6 Å². The number of carbonyl (C=O) groups is 1. The van der Waals surface area contributed by atoms with Crippen LogP contribution in [0.3, 0.4) is 0 Å². The summed E-state index contributed by atoms with van der Waals surface area (Å²) in [6.45, 7) is 6.45. The first-order valence-electron chi connectivity index (χ1n) is 9.67. The summed E-state index contributed by atoms with van der Waals surface area (Å²) in [6.07, 6.45) is 0.251. The summed E-state index contributed by atoms with van der Waals surface area (Å²) >= 11 is 6.14. The number of benzene rings is 1. The first-order chi connectivity index (χ1) is 14.0. The second-order valence-electron chi connectivity index (χ2n) is 7.07. The fraction of sp³-hybridized carbons (Fsp3) is 0.400. The van der Waals surface area contributed by atoms with Gasteiger partial charge in [-0.3, -0.25) is 4.79 Å². The number of para-hydroxylation sites is 1. The van der Waals surface area contributed by atoms with E-state index in [9.17, 15) is 4.79 Å².